The molecule has 0 saturated carbocycles. The van der Waals surface area contributed by atoms with Crippen LogP contribution in [0.2, 0.25) is 0 Å². The van der Waals surface area contributed by atoms with Crippen LogP contribution in [-0.4, -0.2) is 25.8 Å². The largest absolute Gasteiger partial charge is 0.381 e. The maximum atomic E-state index is 5.95. The van der Waals surface area contributed by atoms with Gasteiger partial charge in [-0.15, -0.1) is 0 Å². The molecular weight excluding hydrogens is 252 g/mol. The van der Waals surface area contributed by atoms with E-state index in [0.717, 1.165) is 17.6 Å². The maximum Gasteiger partial charge on any atom is 0.169 e. The van der Waals surface area contributed by atoms with E-state index >= 15 is 0 Å². The van der Waals surface area contributed by atoms with Crippen LogP contribution < -0.4 is 11.1 Å². The van der Waals surface area contributed by atoms with Crippen molar-refractivity contribution >= 4 is 22.7 Å². The van der Waals surface area contributed by atoms with Crippen LogP contribution in [0.3, 0.4) is 0 Å². The molecule has 6 nitrogen and oxygen atoms in total. The van der Waals surface area contributed by atoms with Crippen molar-refractivity contribution in [3.8, 4) is 0 Å². The minimum Gasteiger partial charge on any atom is -0.381 e. The minimum absolute atomic E-state index is 0.146. The van der Waals surface area contributed by atoms with Crippen molar-refractivity contribution in [3.63, 3.8) is 0 Å². The number of nitrogens with zero attached hydrogens (tertiary/aromatic N) is 4. The third-order valence-corrected chi connectivity index (χ3v) is 3.00. The van der Waals surface area contributed by atoms with E-state index in [1.807, 2.05) is 41.2 Å². The zero-order valence-corrected chi connectivity index (χ0v) is 11.2. The second-order valence-electron chi connectivity index (χ2n) is 4.72. The van der Waals surface area contributed by atoms with Gasteiger partial charge in [-0.25, -0.2) is 9.97 Å². The van der Waals surface area contributed by atoms with Gasteiger partial charge in [0.05, 0.1) is 17.6 Å². The topological polar surface area (TPSA) is 81.7 Å². The number of aromatic nitrogens is 4. The van der Waals surface area contributed by atoms with Gasteiger partial charge in [0, 0.05) is 18.4 Å². The third-order valence-electron chi connectivity index (χ3n) is 3.00. The molecule has 0 aliphatic rings. The van der Waals surface area contributed by atoms with Crippen molar-refractivity contribution in [1.29, 1.82) is 0 Å². The van der Waals surface area contributed by atoms with Crippen molar-refractivity contribution in [1.82, 2.24) is 19.7 Å². The number of nitrogens with two attached hydrogens (primary N) is 1. The number of fused-ring (bicyclic) bond motifs is 1. The standard InChI is InChI=1S/C14H16N6/c1-10(9-20-8-4-7-16-20)17-14-13(15)18-11-5-2-3-6-12(11)19-14/h2-8,10H,9H2,1H3,(H2,15,18)(H,17,19). The number of anilines is 2. The first-order valence-electron chi connectivity index (χ1n) is 6.48. The molecule has 0 fully saturated rings. The van der Waals surface area contributed by atoms with Crippen LogP contribution in [0.4, 0.5) is 11.6 Å². The molecule has 2 heterocycles. The van der Waals surface area contributed by atoms with Crippen molar-refractivity contribution in [2.24, 2.45) is 0 Å². The van der Waals surface area contributed by atoms with Gasteiger partial charge >= 0.3 is 0 Å². The highest BCUT2D eigenvalue weighted by molar-refractivity contribution is 5.79. The van der Waals surface area contributed by atoms with Crippen LogP contribution in [0, 0.1) is 0 Å². The van der Waals surface area contributed by atoms with Crippen molar-refractivity contribution in [2.45, 2.75) is 19.5 Å². The summed E-state index contributed by atoms with van der Waals surface area (Å²) < 4.78 is 1.86. The van der Waals surface area contributed by atoms with Crippen LogP contribution in [0.1, 0.15) is 6.92 Å². The van der Waals surface area contributed by atoms with E-state index in [1.54, 1.807) is 6.20 Å². The molecule has 3 aromatic rings. The van der Waals surface area contributed by atoms with E-state index in [-0.39, 0.29) is 6.04 Å². The first-order valence-corrected chi connectivity index (χ1v) is 6.48. The fourth-order valence-corrected chi connectivity index (χ4v) is 2.09. The van der Waals surface area contributed by atoms with Gasteiger partial charge in [0.25, 0.3) is 0 Å². The molecule has 102 valence electrons. The molecule has 3 rings (SSSR count). The van der Waals surface area contributed by atoms with Gasteiger partial charge in [-0.3, -0.25) is 4.68 Å². The molecule has 0 bridgehead atoms. The van der Waals surface area contributed by atoms with Gasteiger partial charge in [0.15, 0.2) is 11.6 Å². The highest BCUT2D eigenvalue weighted by Crippen LogP contribution is 2.19. The summed E-state index contributed by atoms with van der Waals surface area (Å²) in [5, 5.41) is 7.46. The molecule has 2 aromatic heterocycles. The predicted molar refractivity (Wildman–Crippen MR) is 79.3 cm³/mol. The molecular formula is C14H16N6. The normalized spacial score (nSPS) is 12.4. The molecule has 0 spiro atoms. The smallest absolute Gasteiger partial charge is 0.169 e. The molecule has 0 amide bonds. The Morgan fingerprint density at radius 3 is 2.65 bits per heavy atom. The second kappa shape index (κ2) is 5.16. The number of benzene rings is 1. The average molecular weight is 268 g/mol. The van der Waals surface area contributed by atoms with E-state index in [4.69, 9.17) is 5.73 Å². The summed E-state index contributed by atoms with van der Waals surface area (Å²) in [7, 11) is 0. The lowest BCUT2D eigenvalue weighted by Gasteiger charge is -2.16. The van der Waals surface area contributed by atoms with Crippen LogP contribution in [0.15, 0.2) is 42.7 Å². The number of nitrogens with one attached hydrogen (secondary N) is 1. The fraction of sp³-hybridized carbons (Fsp3) is 0.214. The summed E-state index contributed by atoms with van der Waals surface area (Å²) in [4.78, 5) is 8.87. The molecule has 0 saturated heterocycles. The zero-order chi connectivity index (χ0) is 13.9. The van der Waals surface area contributed by atoms with E-state index in [2.05, 4.69) is 27.3 Å². The molecule has 1 atom stereocenters. The monoisotopic (exact) mass is 268 g/mol. The summed E-state index contributed by atoms with van der Waals surface area (Å²) >= 11 is 0. The van der Waals surface area contributed by atoms with Crippen molar-refractivity contribution in [3.05, 3.63) is 42.7 Å². The molecule has 3 N–H and O–H groups in total. The first kappa shape index (κ1) is 12.4. The fourth-order valence-electron chi connectivity index (χ4n) is 2.09. The lowest BCUT2D eigenvalue weighted by molar-refractivity contribution is 0.560. The molecule has 0 aliphatic heterocycles. The van der Waals surface area contributed by atoms with Crippen LogP contribution in [0.5, 0.6) is 0 Å². The second-order valence-corrected chi connectivity index (χ2v) is 4.72. The molecule has 0 aliphatic carbocycles. The molecule has 1 unspecified atom stereocenters. The quantitative estimate of drug-likeness (QED) is 0.755. The Bertz CT molecular complexity index is 707. The van der Waals surface area contributed by atoms with Gasteiger partial charge < -0.3 is 11.1 Å². The maximum absolute atomic E-state index is 5.95. The average Bonchev–Trinajstić information content (AvgIpc) is 2.92. The number of hydrogen-bond acceptors (Lipinski definition) is 5. The van der Waals surface area contributed by atoms with Crippen LogP contribution >= 0.6 is 0 Å². The molecule has 6 heteroatoms. The highest BCUT2D eigenvalue weighted by Gasteiger charge is 2.09. The van der Waals surface area contributed by atoms with Gasteiger partial charge in [-0.05, 0) is 25.1 Å². The summed E-state index contributed by atoms with van der Waals surface area (Å²) in [6, 6.07) is 9.72. The Morgan fingerprint density at radius 2 is 1.95 bits per heavy atom. The third kappa shape index (κ3) is 2.54. The molecule has 1 aromatic carbocycles. The summed E-state index contributed by atoms with van der Waals surface area (Å²) in [5.41, 5.74) is 7.58. The molecule has 0 radical (unpaired) electrons. The number of hydrogen-bond donors (Lipinski definition) is 2. The van der Waals surface area contributed by atoms with Crippen LogP contribution in [0.25, 0.3) is 11.0 Å². The Labute approximate surface area is 116 Å². The van der Waals surface area contributed by atoms with Gasteiger partial charge in [-0.2, -0.15) is 5.10 Å². The van der Waals surface area contributed by atoms with Crippen LogP contribution in [-0.2, 0) is 6.54 Å². The zero-order valence-electron chi connectivity index (χ0n) is 11.2. The van der Waals surface area contributed by atoms with E-state index in [0.29, 0.717) is 11.6 Å². The lowest BCUT2D eigenvalue weighted by atomic mass is 10.3. The summed E-state index contributed by atoms with van der Waals surface area (Å²) in [6.07, 6.45) is 3.69. The van der Waals surface area contributed by atoms with E-state index < -0.39 is 0 Å². The SMILES string of the molecule is CC(Cn1cccn1)Nc1nc2ccccc2nc1N. The highest BCUT2D eigenvalue weighted by atomic mass is 15.3. The van der Waals surface area contributed by atoms with E-state index in [9.17, 15) is 0 Å². The Hall–Kier alpha value is -2.63. The Balaban J connectivity index is 1.81. The summed E-state index contributed by atoms with van der Waals surface area (Å²) in [6.45, 7) is 2.79. The number of para-hydroxylation sites is 2. The number of nitrogen functional groups attached to an aromatic ring is 1. The molecule has 20 heavy (non-hydrogen) atoms. The Kier molecular flexibility index (Phi) is 3.20. The minimum atomic E-state index is 0.146. The number of rotatable bonds is 4. The van der Waals surface area contributed by atoms with E-state index in [1.165, 1.54) is 0 Å². The van der Waals surface area contributed by atoms with Crippen molar-refractivity contribution in [2.75, 3.05) is 11.1 Å². The Morgan fingerprint density at radius 1 is 1.20 bits per heavy atom. The predicted octanol–water partition coefficient (Wildman–Crippen LogP) is 1.91. The van der Waals surface area contributed by atoms with Gasteiger partial charge in [0.2, 0.25) is 0 Å². The van der Waals surface area contributed by atoms with Gasteiger partial charge in [0.1, 0.15) is 0 Å². The first-order chi connectivity index (χ1) is 9.72. The summed E-state index contributed by atoms with van der Waals surface area (Å²) in [5.74, 6) is 1.03. The van der Waals surface area contributed by atoms with Crippen molar-refractivity contribution < 1.29 is 0 Å². The lowest BCUT2D eigenvalue weighted by Crippen LogP contribution is -2.23. The van der Waals surface area contributed by atoms with Gasteiger partial charge in [-0.1, -0.05) is 12.1 Å².